The Bertz CT molecular complexity index is 1250. The zero-order valence-corrected chi connectivity index (χ0v) is 19.5. The zero-order chi connectivity index (χ0) is 23.7. The van der Waals surface area contributed by atoms with Crippen LogP contribution in [-0.4, -0.2) is 65.4 Å². The van der Waals surface area contributed by atoms with Crippen molar-refractivity contribution in [3.8, 4) is 5.75 Å². The van der Waals surface area contributed by atoms with Gasteiger partial charge in [0.05, 0.1) is 23.2 Å². The molecule has 1 aliphatic rings. The lowest BCUT2D eigenvalue weighted by molar-refractivity contribution is -0.140. The molecule has 7 nitrogen and oxygen atoms in total. The number of likely N-dealkylation sites (tertiary alicyclic amines) is 1. The highest BCUT2D eigenvalue weighted by molar-refractivity contribution is 6.47. The number of rotatable bonds is 7. The van der Waals surface area contributed by atoms with Gasteiger partial charge in [-0.2, -0.15) is 0 Å². The summed E-state index contributed by atoms with van der Waals surface area (Å²) in [6.07, 6.45) is 1.79. The zero-order valence-electron chi connectivity index (χ0n) is 18.8. The molecule has 1 fully saturated rings. The van der Waals surface area contributed by atoms with Crippen molar-refractivity contribution in [2.24, 2.45) is 0 Å². The second-order valence-corrected chi connectivity index (χ2v) is 8.57. The van der Waals surface area contributed by atoms with Crippen LogP contribution in [-0.2, 0) is 9.59 Å². The predicted octanol–water partition coefficient (Wildman–Crippen LogP) is 4.20. The maximum absolute atomic E-state index is 13.2. The van der Waals surface area contributed by atoms with Crippen molar-refractivity contribution in [2.45, 2.75) is 13.0 Å². The fourth-order valence-corrected chi connectivity index (χ4v) is 4.36. The van der Waals surface area contributed by atoms with Crippen molar-refractivity contribution in [1.29, 1.82) is 0 Å². The van der Waals surface area contributed by atoms with Gasteiger partial charge in [-0.25, -0.2) is 0 Å². The van der Waals surface area contributed by atoms with Crippen LogP contribution in [0.3, 0.4) is 0 Å². The molecule has 1 amide bonds. The van der Waals surface area contributed by atoms with Gasteiger partial charge in [-0.1, -0.05) is 29.8 Å². The Balaban J connectivity index is 1.92. The number of carbonyl (C=O) groups is 2. The Morgan fingerprint density at radius 2 is 1.97 bits per heavy atom. The number of aliphatic hydroxyl groups excluding tert-OH is 1. The summed E-state index contributed by atoms with van der Waals surface area (Å²) in [5, 5.41) is 12.5. The van der Waals surface area contributed by atoms with Crippen molar-refractivity contribution in [3.63, 3.8) is 0 Å². The van der Waals surface area contributed by atoms with E-state index >= 15 is 0 Å². The summed E-state index contributed by atoms with van der Waals surface area (Å²) in [5.74, 6) is -1.19. The molecule has 0 saturated carbocycles. The molecule has 8 heteroatoms. The molecule has 2 heterocycles. The number of aromatic nitrogens is 1. The van der Waals surface area contributed by atoms with Crippen molar-refractivity contribution in [1.82, 2.24) is 14.8 Å². The van der Waals surface area contributed by atoms with Gasteiger partial charge in [-0.15, -0.1) is 0 Å². The molecule has 1 atom stereocenters. The van der Waals surface area contributed by atoms with Crippen LogP contribution in [0.25, 0.3) is 16.7 Å². The average Bonchev–Trinajstić information content (AvgIpc) is 3.32. The number of nitrogens with zero attached hydrogens (tertiary/aromatic N) is 2. The Morgan fingerprint density at radius 1 is 1.21 bits per heavy atom. The molecule has 0 bridgehead atoms. The highest BCUT2D eigenvalue weighted by atomic mass is 35.5. The van der Waals surface area contributed by atoms with E-state index in [1.807, 2.05) is 50.2 Å². The van der Waals surface area contributed by atoms with Crippen LogP contribution in [0.2, 0.25) is 5.02 Å². The van der Waals surface area contributed by atoms with Gasteiger partial charge in [-0.05, 0) is 45.3 Å². The molecule has 1 unspecified atom stereocenters. The number of ether oxygens (including phenoxy) is 1. The largest absolute Gasteiger partial charge is 0.507 e. The number of carbonyl (C=O) groups excluding carboxylic acids is 2. The maximum Gasteiger partial charge on any atom is 0.295 e. The number of halogens is 1. The highest BCUT2D eigenvalue weighted by Gasteiger charge is 2.46. The SMILES string of the molecule is CCOc1ccc(Cl)c(/C(O)=C2\C(=O)C(=O)N(CCN(C)C)C2c2c[nH]c3ccccc23)c1. The summed E-state index contributed by atoms with van der Waals surface area (Å²) in [7, 11) is 3.80. The summed E-state index contributed by atoms with van der Waals surface area (Å²) < 4.78 is 5.54. The first-order valence-corrected chi connectivity index (χ1v) is 11.1. The molecule has 1 aromatic heterocycles. The minimum absolute atomic E-state index is 0.0130. The third kappa shape index (κ3) is 4.21. The van der Waals surface area contributed by atoms with E-state index in [2.05, 4.69) is 4.98 Å². The fraction of sp³-hybridized carbons (Fsp3) is 0.280. The lowest BCUT2D eigenvalue weighted by atomic mass is 9.95. The number of H-pyrrole nitrogens is 1. The number of hydrogen-bond acceptors (Lipinski definition) is 5. The van der Waals surface area contributed by atoms with Crippen LogP contribution in [0.5, 0.6) is 5.75 Å². The number of para-hydroxylation sites is 1. The molecule has 1 aliphatic heterocycles. The smallest absolute Gasteiger partial charge is 0.295 e. The number of benzene rings is 2. The van der Waals surface area contributed by atoms with Gasteiger partial charge in [0.25, 0.3) is 11.7 Å². The van der Waals surface area contributed by atoms with E-state index in [0.717, 1.165) is 16.5 Å². The molecule has 0 spiro atoms. The number of fused-ring (bicyclic) bond motifs is 1. The van der Waals surface area contributed by atoms with Crippen molar-refractivity contribution in [2.75, 3.05) is 33.8 Å². The minimum atomic E-state index is -0.757. The molecule has 1 saturated heterocycles. The van der Waals surface area contributed by atoms with Gasteiger partial charge in [-0.3, -0.25) is 9.59 Å². The average molecular weight is 468 g/mol. The molecular weight excluding hydrogens is 442 g/mol. The van der Waals surface area contributed by atoms with Crippen LogP contribution >= 0.6 is 11.6 Å². The number of likely N-dealkylation sites (N-methyl/N-ethyl adjacent to an activating group) is 1. The van der Waals surface area contributed by atoms with E-state index < -0.39 is 17.7 Å². The van der Waals surface area contributed by atoms with E-state index in [0.29, 0.717) is 25.4 Å². The van der Waals surface area contributed by atoms with Crippen LogP contribution in [0, 0.1) is 0 Å². The van der Waals surface area contributed by atoms with Gasteiger partial charge >= 0.3 is 0 Å². The quantitative estimate of drug-likeness (QED) is 0.309. The summed E-state index contributed by atoms with van der Waals surface area (Å²) in [5.41, 5.74) is 1.88. The lowest BCUT2D eigenvalue weighted by Gasteiger charge is -2.26. The Hall–Kier alpha value is -3.29. The summed E-state index contributed by atoms with van der Waals surface area (Å²) >= 11 is 6.39. The second kappa shape index (κ2) is 9.29. The molecule has 33 heavy (non-hydrogen) atoms. The number of Topliss-reactive ketones (excluding diaryl/α,β-unsaturated/α-hetero) is 1. The van der Waals surface area contributed by atoms with Crippen LogP contribution in [0.4, 0.5) is 0 Å². The number of amides is 1. The molecule has 0 radical (unpaired) electrons. The van der Waals surface area contributed by atoms with Gasteiger partial charge in [0.2, 0.25) is 0 Å². The number of hydrogen-bond donors (Lipinski definition) is 2. The summed E-state index contributed by atoms with van der Waals surface area (Å²) in [6.45, 7) is 3.17. The molecule has 4 rings (SSSR count). The Labute approximate surface area is 197 Å². The van der Waals surface area contributed by atoms with E-state index in [1.54, 1.807) is 24.4 Å². The standard InChI is InChI=1S/C25H26ClN3O4/c1-4-33-15-9-10-19(26)17(13-15)23(30)21-22(18-14-27-20-8-6-5-7-16(18)20)29(12-11-28(2)3)25(32)24(21)31/h5-10,13-14,22,27,30H,4,11-12H2,1-3H3/b23-21+. The predicted molar refractivity (Wildman–Crippen MR) is 128 cm³/mol. The molecular formula is C25H26ClN3O4. The topological polar surface area (TPSA) is 85.9 Å². The highest BCUT2D eigenvalue weighted by Crippen LogP contribution is 2.43. The normalized spacial score (nSPS) is 18.0. The van der Waals surface area contributed by atoms with E-state index in [1.165, 1.54) is 4.90 Å². The van der Waals surface area contributed by atoms with E-state index in [9.17, 15) is 14.7 Å². The molecule has 2 N–H and O–H groups in total. The monoisotopic (exact) mass is 467 g/mol. The molecule has 0 aliphatic carbocycles. The Morgan fingerprint density at radius 3 is 2.70 bits per heavy atom. The van der Waals surface area contributed by atoms with Crippen molar-refractivity contribution < 1.29 is 19.4 Å². The van der Waals surface area contributed by atoms with Gasteiger partial charge in [0.15, 0.2) is 0 Å². The first kappa shape index (κ1) is 22.9. The van der Waals surface area contributed by atoms with Gasteiger partial charge in [0, 0.05) is 41.3 Å². The van der Waals surface area contributed by atoms with E-state index in [4.69, 9.17) is 16.3 Å². The first-order valence-electron chi connectivity index (χ1n) is 10.7. The molecule has 172 valence electrons. The fourth-order valence-electron chi connectivity index (χ4n) is 4.15. The maximum atomic E-state index is 13.2. The number of ketones is 1. The number of aromatic amines is 1. The summed E-state index contributed by atoms with van der Waals surface area (Å²) in [4.78, 5) is 33.0. The lowest BCUT2D eigenvalue weighted by Crippen LogP contribution is -2.35. The molecule has 2 aromatic carbocycles. The minimum Gasteiger partial charge on any atom is -0.507 e. The third-order valence-electron chi connectivity index (χ3n) is 5.75. The third-order valence-corrected chi connectivity index (χ3v) is 6.08. The first-order chi connectivity index (χ1) is 15.8. The van der Waals surface area contributed by atoms with Gasteiger partial charge < -0.3 is 24.6 Å². The van der Waals surface area contributed by atoms with Crippen LogP contribution in [0.15, 0.2) is 54.2 Å². The number of aliphatic hydroxyl groups is 1. The second-order valence-electron chi connectivity index (χ2n) is 8.16. The van der Waals surface area contributed by atoms with Crippen LogP contribution in [0.1, 0.15) is 24.1 Å². The summed E-state index contributed by atoms with van der Waals surface area (Å²) in [6, 6.07) is 11.8. The van der Waals surface area contributed by atoms with Crippen molar-refractivity contribution >= 4 is 40.0 Å². The van der Waals surface area contributed by atoms with Crippen molar-refractivity contribution in [3.05, 3.63) is 70.4 Å². The van der Waals surface area contributed by atoms with Crippen LogP contribution < -0.4 is 4.74 Å². The molecule has 3 aromatic rings. The van der Waals surface area contributed by atoms with E-state index in [-0.39, 0.29) is 21.9 Å². The number of nitrogens with one attached hydrogen (secondary N) is 1. The Kier molecular flexibility index (Phi) is 6.44. The van der Waals surface area contributed by atoms with Gasteiger partial charge in [0.1, 0.15) is 11.5 Å².